The van der Waals surface area contributed by atoms with Gasteiger partial charge in [0.2, 0.25) is 0 Å². The van der Waals surface area contributed by atoms with Crippen LogP contribution in [-0.4, -0.2) is 49.8 Å². The summed E-state index contributed by atoms with van der Waals surface area (Å²) >= 11 is 0. The summed E-state index contributed by atoms with van der Waals surface area (Å²) in [7, 11) is 3.40. The number of aryl methyl sites for hydroxylation is 1. The molecule has 4 rings (SSSR count). The van der Waals surface area contributed by atoms with E-state index in [1.807, 2.05) is 6.07 Å². The van der Waals surface area contributed by atoms with Crippen LogP contribution in [0.1, 0.15) is 56.7 Å². The molecule has 1 aliphatic carbocycles. The Bertz CT molecular complexity index is 844. The van der Waals surface area contributed by atoms with E-state index in [1.165, 1.54) is 73.9 Å². The molecule has 5 nitrogen and oxygen atoms in total. The van der Waals surface area contributed by atoms with Gasteiger partial charge in [0.15, 0.2) is 11.5 Å². The number of aromatic nitrogens is 1. The van der Waals surface area contributed by atoms with Crippen LogP contribution in [0.3, 0.4) is 0 Å². The Labute approximate surface area is 174 Å². The molecule has 29 heavy (non-hydrogen) atoms. The van der Waals surface area contributed by atoms with Crippen molar-refractivity contribution in [1.29, 1.82) is 0 Å². The molecule has 0 saturated carbocycles. The van der Waals surface area contributed by atoms with E-state index < -0.39 is 0 Å². The molecular weight excluding hydrogens is 362 g/mol. The Hall–Kier alpha value is -2.01. The maximum atomic E-state index is 5.62. The first-order chi connectivity index (χ1) is 14.2. The third kappa shape index (κ3) is 4.30. The number of fused-ring (bicyclic) bond motifs is 2. The average Bonchev–Trinajstić information content (AvgIpc) is 2.74. The molecule has 2 aliphatic rings. The van der Waals surface area contributed by atoms with Gasteiger partial charge >= 0.3 is 0 Å². The highest BCUT2D eigenvalue weighted by molar-refractivity contribution is 5.96. The first-order valence-corrected chi connectivity index (χ1v) is 11.3. The van der Waals surface area contributed by atoms with Gasteiger partial charge in [-0.05, 0) is 56.7 Å². The highest BCUT2D eigenvalue weighted by Gasteiger charge is 2.23. The standard InChI is InChI=1S/C24H35N3O2/c1-4-27-13-11-17(12-14-27)25-24-18-9-7-5-6-8-10-20(18)26-21-16-23(29-3)22(28-2)15-19(21)24/h15-17H,4-14H2,1-3H3,(H,25,26). The van der Waals surface area contributed by atoms with Crippen molar-refractivity contribution in [3.05, 3.63) is 23.4 Å². The summed E-state index contributed by atoms with van der Waals surface area (Å²) in [5, 5.41) is 5.14. The van der Waals surface area contributed by atoms with Gasteiger partial charge < -0.3 is 19.7 Å². The minimum Gasteiger partial charge on any atom is -0.493 e. The monoisotopic (exact) mass is 397 g/mol. The fraction of sp³-hybridized carbons (Fsp3) is 0.625. The third-order valence-corrected chi connectivity index (χ3v) is 6.65. The third-order valence-electron chi connectivity index (χ3n) is 6.65. The number of ether oxygens (including phenoxy) is 2. The Morgan fingerprint density at radius 2 is 1.69 bits per heavy atom. The Morgan fingerprint density at radius 3 is 2.38 bits per heavy atom. The molecule has 1 saturated heterocycles. The summed E-state index contributed by atoms with van der Waals surface area (Å²) < 4.78 is 11.2. The van der Waals surface area contributed by atoms with E-state index in [4.69, 9.17) is 14.5 Å². The van der Waals surface area contributed by atoms with Gasteiger partial charge in [0.05, 0.1) is 19.7 Å². The van der Waals surface area contributed by atoms with E-state index in [2.05, 4.69) is 23.2 Å². The first-order valence-electron chi connectivity index (χ1n) is 11.3. The molecule has 0 radical (unpaired) electrons. The number of nitrogens with zero attached hydrogens (tertiary/aromatic N) is 2. The largest absolute Gasteiger partial charge is 0.493 e. The molecule has 1 aliphatic heterocycles. The van der Waals surface area contributed by atoms with Crippen LogP contribution in [0.5, 0.6) is 11.5 Å². The van der Waals surface area contributed by atoms with Gasteiger partial charge in [-0.15, -0.1) is 0 Å². The van der Waals surface area contributed by atoms with E-state index in [0.717, 1.165) is 36.4 Å². The number of likely N-dealkylation sites (tertiary alicyclic amines) is 1. The second kappa shape index (κ2) is 9.21. The van der Waals surface area contributed by atoms with Crippen molar-refractivity contribution < 1.29 is 9.47 Å². The van der Waals surface area contributed by atoms with Crippen molar-refractivity contribution in [3.8, 4) is 11.5 Å². The quantitative estimate of drug-likeness (QED) is 0.785. The van der Waals surface area contributed by atoms with Gasteiger partial charge in [-0.25, -0.2) is 0 Å². The summed E-state index contributed by atoms with van der Waals surface area (Å²) in [5.74, 6) is 1.52. The molecule has 0 bridgehead atoms. The maximum Gasteiger partial charge on any atom is 0.162 e. The number of methoxy groups -OCH3 is 2. The molecule has 1 N–H and O–H groups in total. The molecule has 1 fully saturated rings. The fourth-order valence-electron chi connectivity index (χ4n) is 4.87. The molecule has 2 heterocycles. The number of anilines is 1. The zero-order valence-electron chi connectivity index (χ0n) is 18.2. The number of piperidine rings is 1. The predicted octanol–water partition coefficient (Wildman–Crippen LogP) is 4.81. The average molecular weight is 398 g/mol. The lowest BCUT2D eigenvalue weighted by atomic mass is 9.93. The van der Waals surface area contributed by atoms with Gasteiger partial charge in [0, 0.05) is 42.0 Å². The fourth-order valence-corrected chi connectivity index (χ4v) is 4.87. The van der Waals surface area contributed by atoms with Crippen LogP contribution in [0.15, 0.2) is 12.1 Å². The lowest BCUT2D eigenvalue weighted by molar-refractivity contribution is 0.229. The topological polar surface area (TPSA) is 46.6 Å². The molecule has 158 valence electrons. The molecule has 1 aromatic heterocycles. The molecule has 5 heteroatoms. The number of hydrogen-bond acceptors (Lipinski definition) is 5. The summed E-state index contributed by atoms with van der Waals surface area (Å²) in [6.07, 6.45) is 9.68. The van der Waals surface area contributed by atoms with Crippen LogP contribution < -0.4 is 14.8 Å². The van der Waals surface area contributed by atoms with Crippen LogP contribution in [0.2, 0.25) is 0 Å². The zero-order valence-corrected chi connectivity index (χ0v) is 18.2. The first kappa shape index (κ1) is 20.3. The molecule has 0 spiro atoms. The van der Waals surface area contributed by atoms with Crippen molar-refractivity contribution in [2.75, 3.05) is 39.2 Å². The highest BCUT2D eigenvalue weighted by Crippen LogP contribution is 2.39. The number of rotatable bonds is 5. The van der Waals surface area contributed by atoms with Crippen molar-refractivity contribution in [1.82, 2.24) is 9.88 Å². The van der Waals surface area contributed by atoms with Crippen LogP contribution in [-0.2, 0) is 12.8 Å². The maximum absolute atomic E-state index is 5.62. The normalized spacial score (nSPS) is 18.7. The van der Waals surface area contributed by atoms with Gasteiger partial charge in [0.25, 0.3) is 0 Å². The zero-order chi connectivity index (χ0) is 20.2. The molecular formula is C24H35N3O2. The van der Waals surface area contributed by atoms with Crippen molar-refractivity contribution >= 4 is 16.6 Å². The van der Waals surface area contributed by atoms with Gasteiger partial charge in [-0.1, -0.05) is 19.8 Å². The van der Waals surface area contributed by atoms with Gasteiger partial charge in [-0.2, -0.15) is 0 Å². The number of pyridine rings is 1. The van der Waals surface area contributed by atoms with E-state index >= 15 is 0 Å². The van der Waals surface area contributed by atoms with E-state index in [9.17, 15) is 0 Å². The minimum absolute atomic E-state index is 0.519. The molecule has 2 aromatic rings. The van der Waals surface area contributed by atoms with E-state index in [0.29, 0.717) is 6.04 Å². The number of hydrogen-bond donors (Lipinski definition) is 1. The minimum atomic E-state index is 0.519. The molecule has 1 aromatic carbocycles. The van der Waals surface area contributed by atoms with Crippen LogP contribution >= 0.6 is 0 Å². The van der Waals surface area contributed by atoms with Crippen LogP contribution in [0.4, 0.5) is 5.69 Å². The Morgan fingerprint density at radius 1 is 1.00 bits per heavy atom. The SMILES string of the molecule is CCN1CCC(Nc2c3c(nc4cc(OC)c(OC)cc24)CCCCCC3)CC1. The summed E-state index contributed by atoms with van der Waals surface area (Å²) in [4.78, 5) is 7.64. The van der Waals surface area contributed by atoms with Crippen LogP contribution in [0, 0.1) is 0 Å². The van der Waals surface area contributed by atoms with E-state index in [-0.39, 0.29) is 0 Å². The summed E-state index contributed by atoms with van der Waals surface area (Å²) in [6.45, 7) is 5.76. The van der Waals surface area contributed by atoms with Crippen molar-refractivity contribution in [2.45, 2.75) is 64.3 Å². The van der Waals surface area contributed by atoms with Gasteiger partial charge in [0.1, 0.15) is 0 Å². The van der Waals surface area contributed by atoms with Crippen LogP contribution in [0.25, 0.3) is 10.9 Å². The lowest BCUT2D eigenvalue weighted by Crippen LogP contribution is -2.39. The lowest BCUT2D eigenvalue weighted by Gasteiger charge is -2.33. The molecule has 0 unspecified atom stereocenters. The highest BCUT2D eigenvalue weighted by atomic mass is 16.5. The summed E-state index contributed by atoms with van der Waals surface area (Å²) in [5.41, 5.74) is 5.01. The van der Waals surface area contributed by atoms with Gasteiger partial charge in [-0.3, -0.25) is 4.98 Å². The smallest absolute Gasteiger partial charge is 0.162 e. The predicted molar refractivity (Wildman–Crippen MR) is 119 cm³/mol. The van der Waals surface area contributed by atoms with Crippen molar-refractivity contribution in [2.24, 2.45) is 0 Å². The van der Waals surface area contributed by atoms with E-state index in [1.54, 1.807) is 14.2 Å². The van der Waals surface area contributed by atoms with Crippen molar-refractivity contribution in [3.63, 3.8) is 0 Å². The summed E-state index contributed by atoms with van der Waals surface area (Å²) in [6, 6.07) is 4.67. The number of benzene rings is 1. The Kier molecular flexibility index (Phi) is 6.43. The Balaban J connectivity index is 1.78. The second-order valence-electron chi connectivity index (χ2n) is 8.40. The molecule has 0 atom stereocenters. The second-order valence-corrected chi connectivity index (χ2v) is 8.40. The molecule has 0 amide bonds. The number of nitrogens with one attached hydrogen (secondary N) is 1.